The molecule has 102 valence electrons. The average Bonchev–Trinajstić information content (AvgIpc) is 3.04. The fraction of sp³-hybridized carbons (Fsp3) is 0.846. The van der Waals surface area contributed by atoms with Crippen LogP contribution in [0.4, 0.5) is 0 Å². The van der Waals surface area contributed by atoms with E-state index in [1.807, 2.05) is 6.92 Å². The predicted octanol–water partition coefficient (Wildman–Crippen LogP) is 1.13. The monoisotopic (exact) mass is 255 g/mol. The van der Waals surface area contributed by atoms with E-state index >= 15 is 0 Å². The smallest absolute Gasteiger partial charge is 0.305 e. The molecule has 2 rings (SSSR count). The van der Waals surface area contributed by atoms with Crippen LogP contribution in [0, 0.1) is 11.3 Å². The normalized spacial score (nSPS) is 24.8. The number of rotatable bonds is 5. The molecular weight excluding hydrogens is 234 g/mol. The van der Waals surface area contributed by atoms with Gasteiger partial charge in [-0.15, -0.1) is 0 Å². The standard InChI is InChI=1S/C13H21NO4/c1-2-14(6-3-11(15)16)12(17)10-9-13(10)4-7-18-8-5-13/h10H,2-9H2,1H3,(H,15,16). The van der Waals surface area contributed by atoms with Gasteiger partial charge in [-0.3, -0.25) is 9.59 Å². The van der Waals surface area contributed by atoms with Gasteiger partial charge in [-0.25, -0.2) is 0 Å². The van der Waals surface area contributed by atoms with Crippen LogP contribution in [-0.4, -0.2) is 48.2 Å². The third-order valence-electron chi connectivity index (χ3n) is 4.27. The summed E-state index contributed by atoms with van der Waals surface area (Å²) in [5.74, 6) is -0.603. The maximum absolute atomic E-state index is 12.3. The first kappa shape index (κ1) is 13.3. The maximum Gasteiger partial charge on any atom is 0.305 e. The summed E-state index contributed by atoms with van der Waals surface area (Å²) in [6.45, 7) is 4.33. The van der Waals surface area contributed by atoms with Gasteiger partial charge in [0.15, 0.2) is 0 Å². The van der Waals surface area contributed by atoms with Gasteiger partial charge in [-0.1, -0.05) is 0 Å². The number of aliphatic carboxylic acids is 1. The SMILES string of the molecule is CCN(CCC(=O)O)C(=O)C1CC12CCOCC2. The van der Waals surface area contributed by atoms with E-state index in [-0.39, 0.29) is 23.7 Å². The first-order valence-corrected chi connectivity index (χ1v) is 6.67. The molecular formula is C13H21NO4. The zero-order chi connectivity index (χ0) is 13.2. The number of amides is 1. The van der Waals surface area contributed by atoms with Crippen molar-refractivity contribution in [1.29, 1.82) is 0 Å². The molecule has 1 heterocycles. The minimum Gasteiger partial charge on any atom is -0.481 e. The average molecular weight is 255 g/mol. The molecule has 5 nitrogen and oxygen atoms in total. The van der Waals surface area contributed by atoms with Gasteiger partial charge in [0.2, 0.25) is 5.91 Å². The summed E-state index contributed by atoms with van der Waals surface area (Å²) < 4.78 is 5.34. The molecule has 0 aromatic rings. The van der Waals surface area contributed by atoms with Crippen LogP contribution >= 0.6 is 0 Å². The van der Waals surface area contributed by atoms with E-state index in [1.165, 1.54) is 0 Å². The van der Waals surface area contributed by atoms with Crippen molar-refractivity contribution in [3.63, 3.8) is 0 Å². The van der Waals surface area contributed by atoms with E-state index in [9.17, 15) is 9.59 Å². The van der Waals surface area contributed by atoms with Crippen molar-refractivity contribution >= 4 is 11.9 Å². The van der Waals surface area contributed by atoms with Crippen molar-refractivity contribution in [2.75, 3.05) is 26.3 Å². The molecule has 1 amide bonds. The summed E-state index contributed by atoms with van der Waals surface area (Å²) >= 11 is 0. The van der Waals surface area contributed by atoms with Gasteiger partial charge in [0.1, 0.15) is 0 Å². The summed E-state index contributed by atoms with van der Waals surface area (Å²) in [6, 6.07) is 0. The number of nitrogens with zero attached hydrogens (tertiary/aromatic N) is 1. The Kier molecular flexibility index (Phi) is 3.90. The number of carbonyl (C=O) groups excluding carboxylic acids is 1. The fourth-order valence-electron chi connectivity index (χ4n) is 2.90. The van der Waals surface area contributed by atoms with Gasteiger partial charge in [0.25, 0.3) is 0 Å². The van der Waals surface area contributed by atoms with Crippen molar-refractivity contribution in [3.05, 3.63) is 0 Å². The van der Waals surface area contributed by atoms with Gasteiger partial charge in [-0.2, -0.15) is 0 Å². The van der Waals surface area contributed by atoms with Gasteiger partial charge >= 0.3 is 5.97 Å². The molecule has 1 saturated heterocycles. The summed E-state index contributed by atoms with van der Waals surface area (Å²) in [5, 5.41) is 8.68. The lowest BCUT2D eigenvalue weighted by molar-refractivity contribution is -0.139. The molecule has 1 N–H and O–H groups in total. The zero-order valence-corrected chi connectivity index (χ0v) is 10.9. The van der Waals surface area contributed by atoms with E-state index < -0.39 is 5.97 Å². The molecule has 18 heavy (non-hydrogen) atoms. The molecule has 2 fully saturated rings. The van der Waals surface area contributed by atoms with Gasteiger partial charge in [0, 0.05) is 32.2 Å². The van der Waals surface area contributed by atoms with Crippen LogP contribution in [0.3, 0.4) is 0 Å². The Morgan fingerprint density at radius 3 is 2.61 bits per heavy atom. The third-order valence-corrected chi connectivity index (χ3v) is 4.27. The quantitative estimate of drug-likeness (QED) is 0.799. The molecule has 5 heteroatoms. The highest BCUT2D eigenvalue weighted by atomic mass is 16.5. The molecule has 1 aliphatic heterocycles. The summed E-state index contributed by atoms with van der Waals surface area (Å²) in [4.78, 5) is 24.6. The molecule has 0 aromatic carbocycles. The van der Waals surface area contributed by atoms with Crippen LogP contribution in [-0.2, 0) is 14.3 Å². The number of carboxylic acid groups (broad SMARTS) is 1. The van der Waals surface area contributed by atoms with Crippen LogP contribution in [0.1, 0.15) is 32.6 Å². The van der Waals surface area contributed by atoms with E-state index in [2.05, 4.69) is 0 Å². The molecule has 1 unspecified atom stereocenters. The van der Waals surface area contributed by atoms with Gasteiger partial charge in [0.05, 0.1) is 6.42 Å². The predicted molar refractivity (Wildman–Crippen MR) is 65.1 cm³/mol. The largest absolute Gasteiger partial charge is 0.481 e. The van der Waals surface area contributed by atoms with Crippen LogP contribution in [0.5, 0.6) is 0 Å². The Balaban J connectivity index is 1.88. The molecule has 1 spiro atoms. The van der Waals surface area contributed by atoms with E-state index in [1.54, 1.807) is 4.90 Å². The highest BCUT2D eigenvalue weighted by Gasteiger charge is 2.58. The number of carbonyl (C=O) groups is 2. The van der Waals surface area contributed by atoms with Crippen LogP contribution in [0.25, 0.3) is 0 Å². The molecule has 1 saturated carbocycles. The minimum atomic E-state index is -0.849. The molecule has 2 aliphatic rings. The number of hydrogen-bond donors (Lipinski definition) is 1. The van der Waals surface area contributed by atoms with Crippen LogP contribution < -0.4 is 0 Å². The van der Waals surface area contributed by atoms with E-state index in [0.717, 1.165) is 32.5 Å². The molecule has 1 aliphatic carbocycles. The second-order valence-corrected chi connectivity index (χ2v) is 5.29. The third kappa shape index (κ3) is 2.66. The Labute approximate surface area is 107 Å². The first-order valence-electron chi connectivity index (χ1n) is 6.67. The zero-order valence-electron chi connectivity index (χ0n) is 10.9. The van der Waals surface area contributed by atoms with Crippen molar-refractivity contribution < 1.29 is 19.4 Å². The number of hydrogen-bond acceptors (Lipinski definition) is 3. The Hall–Kier alpha value is -1.10. The van der Waals surface area contributed by atoms with Crippen LogP contribution in [0.2, 0.25) is 0 Å². The number of carboxylic acids is 1. The van der Waals surface area contributed by atoms with Gasteiger partial charge < -0.3 is 14.7 Å². The van der Waals surface area contributed by atoms with E-state index in [0.29, 0.717) is 13.1 Å². The molecule has 1 atom stereocenters. The summed E-state index contributed by atoms with van der Waals surface area (Å²) in [7, 11) is 0. The molecule has 0 aromatic heterocycles. The fourth-order valence-corrected chi connectivity index (χ4v) is 2.90. The van der Waals surface area contributed by atoms with Crippen molar-refractivity contribution in [1.82, 2.24) is 4.90 Å². The van der Waals surface area contributed by atoms with E-state index in [4.69, 9.17) is 9.84 Å². The van der Waals surface area contributed by atoms with Crippen molar-refractivity contribution in [2.45, 2.75) is 32.6 Å². The second kappa shape index (κ2) is 5.26. The number of ether oxygens (including phenoxy) is 1. The minimum absolute atomic E-state index is 0.0302. The second-order valence-electron chi connectivity index (χ2n) is 5.29. The summed E-state index contributed by atoms with van der Waals surface area (Å²) in [5.41, 5.74) is 0.173. The lowest BCUT2D eigenvalue weighted by Crippen LogP contribution is -2.36. The molecule has 0 radical (unpaired) electrons. The Morgan fingerprint density at radius 1 is 1.39 bits per heavy atom. The first-order chi connectivity index (χ1) is 8.59. The highest BCUT2D eigenvalue weighted by molar-refractivity contribution is 5.83. The van der Waals surface area contributed by atoms with Gasteiger partial charge in [-0.05, 0) is 31.6 Å². The lowest BCUT2D eigenvalue weighted by Gasteiger charge is -2.25. The van der Waals surface area contributed by atoms with Crippen LogP contribution in [0.15, 0.2) is 0 Å². The topological polar surface area (TPSA) is 66.8 Å². The molecule has 0 bridgehead atoms. The lowest BCUT2D eigenvalue weighted by atomic mass is 9.93. The Bertz CT molecular complexity index is 336. The summed E-state index contributed by atoms with van der Waals surface area (Å²) in [6.07, 6.45) is 2.93. The maximum atomic E-state index is 12.3. The van der Waals surface area contributed by atoms with Crippen molar-refractivity contribution in [2.24, 2.45) is 11.3 Å². The Morgan fingerprint density at radius 2 is 2.06 bits per heavy atom. The highest BCUT2D eigenvalue weighted by Crippen LogP contribution is 2.59. The van der Waals surface area contributed by atoms with Crippen molar-refractivity contribution in [3.8, 4) is 0 Å².